The first-order chi connectivity index (χ1) is 9.17. The molecule has 0 aliphatic carbocycles. The Hall–Kier alpha value is -0.930. The number of rotatable bonds is 3. The van der Waals surface area contributed by atoms with Crippen molar-refractivity contribution in [1.29, 1.82) is 0 Å². The minimum absolute atomic E-state index is 0.103. The van der Waals surface area contributed by atoms with E-state index >= 15 is 0 Å². The zero-order chi connectivity index (χ0) is 13.8. The highest BCUT2D eigenvalue weighted by atomic mass is 19.1. The smallest absolute Gasteiger partial charge is 0.126 e. The summed E-state index contributed by atoms with van der Waals surface area (Å²) >= 11 is 0. The first kappa shape index (κ1) is 14.5. The van der Waals surface area contributed by atoms with Gasteiger partial charge < -0.3 is 5.73 Å². The highest BCUT2D eigenvalue weighted by Crippen LogP contribution is 2.35. The van der Waals surface area contributed by atoms with Crippen LogP contribution in [0.25, 0.3) is 0 Å². The number of halogens is 1. The van der Waals surface area contributed by atoms with E-state index < -0.39 is 0 Å². The molecule has 1 aliphatic heterocycles. The zero-order valence-electron chi connectivity index (χ0n) is 12.0. The van der Waals surface area contributed by atoms with E-state index in [0.717, 1.165) is 25.1 Å². The molecule has 19 heavy (non-hydrogen) atoms. The molecule has 2 atom stereocenters. The fourth-order valence-corrected chi connectivity index (χ4v) is 3.19. The summed E-state index contributed by atoms with van der Waals surface area (Å²) in [5.74, 6) is 0.332. The highest BCUT2D eigenvalue weighted by Gasteiger charge is 2.29. The van der Waals surface area contributed by atoms with Crippen molar-refractivity contribution >= 4 is 0 Å². The van der Waals surface area contributed by atoms with Crippen LogP contribution in [0.3, 0.4) is 0 Å². The fourth-order valence-electron chi connectivity index (χ4n) is 3.19. The van der Waals surface area contributed by atoms with Crippen molar-refractivity contribution in [2.75, 3.05) is 19.6 Å². The summed E-state index contributed by atoms with van der Waals surface area (Å²) in [4.78, 5) is 2.45. The van der Waals surface area contributed by atoms with Crippen LogP contribution >= 0.6 is 0 Å². The van der Waals surface area contributed by atoms with Crippen LogP contribution in [0.5, 0.6) is 0 Å². The third kappa shape index (κ3) is 3.15. The number of benzene rings is 1. The van der Waals surface area contributed by atoms with Gasteiger partial charge in [-0.15, -0.1) is 0 Å². The van der Waals surface area contributed by atoms with Crippen LogP contribution in [0.15, 0.2) is 18.2 Å². The van der Waals surface area contributed by atoms with Crippen molar-refractivity contribution in [2.45, 2.75) is 39.2 Å². The molecule has 0 aromatic heterocycles. The molecule has 1 aliphatic rings. The second-order valence-corrected chi connectivity index (χ2v) is 5.57. The van der Waals surface area contributed by atoms with E-state index in [4.69, 9.17) is 5.73 Å². The molecular formula is C16H25FN2. The number of nitrogens with zero attached hydrogens (tertiary/aromatic N) is 1. The van der Waals surface area contributed by atoms with Crippen molar-refractivity contribution in [1.82, 2.24) is 4.90 Å². The molecule has 1 fully saturated rings. The summed E-state index contributed by atoms with van der Waals surface area (Å²) < 4.78 is 13.8. The van der Waals surface area contributed by atoms with Gasteiger partial charge >= 0.3 is 0 Å². The third-order valence-corrected chi connectivity index (χ3v) is 4.36. The summed E-state index contributed by atoms with van der Waals surface area (Å²) in [5.41, 5.74) is 7.76. The largest absolute Gasteiger partial charge is 0.330 e. The number of likely N-dealkylation sites (tertiary alicyclic amines) is 1. The van der Waals surface area contributed by atoms with Crippen molar-refractivity contribution < 1.29 is 4.39 Å². The van der Waals surface area contributed by atoms with E-state index in [1.807, 2.05) is 13.0 Å². The van der Waals surface area contributed by atoms with Gasteiger partial charge in [0.05, 0.1) is 0 Å². The Balaban J connectivity index is 2.36. The van der Waals surface area contributed by atoms with Crippen LogP contribution in [0, 0.1) is 18.7 Å². The number of hydrogen-bond acceptors (Lipinski definition) is 2. The predicted octanol–water partition coefficient (Wildman–Crippen LogP) is 3.26. The topological polar surface area (TPSA) is 29.3 Å². The first-order valence-corrected chi connectivity index (χ1v) is 7.37. The van der Waals surface area contributed by atoms with E-state index in [0.29, 0.717) is 18.0 Å². The molecule has 2 unspecified atom stereocenters. The average Bonchev–Trinajstić information content (AvgIpc) is 2.63. The average molecular weight is 264 g/mol. The van der Waals surface area contributed by atoms with Gasteiger partial charge in [0.15, 0.2) is 0 Å². The standard InChI is InChI=1S/C16H25FN2/c1-3-19-9-5-4-6-14(11-18)16(19)13-8-7-12(2)15(17)10-13/h7-8,10,14,16H,3-6,9,11,18H2,1-2H3. The lowest BCUT2D eigenvalue weighted by atomic mass is 9.89. The van der Waals surface area contributed by atoms with Gasteiger partial charge in [-0.25, -0.2) is 4.39 Å². The van der Waals surface area contributed by atoms with E-state index in [1.54, 1.807) is 6.07 Å². The minimum atomic E-state index is -0.103. The quantitative estimate of drug-likeness (QED) is 0.908. The molecule has 0 spiro atoms. The third-order valence-electron chi connectivity index (χ3n) is 4.36. The lowest BCUT2D eigenvalue weighted by molar-refractivity contribution is 0.166. The van der Waals surface area contributed by atoms with Crippen LogP contribution in [0.2, 0.25) is 0 Å². The summed E-state index contributed by atoms with van der Waals surface area (Å²) in [6.07, 6.45) is 3.59. The summed E-state index contributed by atoms with van der Waals surface area (Å²) in [6.45, 7) is 6.75. The van der Waals surface area contributed by atoms with E-state index in [-0.39, 0.29) is 11.9 Å². The van der Waals surface area contributed by atoms with Gasteiger partial charge in [0.25, 0.3) is 0 Å². The van der Waals surface area contributed by atoms with Gasteiger partial charge in [0.2, 0.25) is 0 Å². The van der Waals surface area contributed by atoms with Crippen molar-refractivity contribution in [3.05, 3.63) is 35.1 Å². The molecule has 0 bridgehead atoms. The number of aryl methyl sites for hydroxylation is 1. The Morgan fingerprint density at radius 1 is 1.37 bits per heavy atom. The first-order valence-electron chi connectivity index (χ1n) is 7.37. The second kappa shape index (κ2) is 6.49. The van der Waals surface area contributed by atoms with E-state index in [1.165, 1.54) is 12.8 Å². The van der Waals surface area contributed by atoms with Crippen LogP contribution < -0.4 is 5.73 Å². The van der Waals surface area contributed by atoms with Crippen LogP contribution in [-0.2, 0) is 0 Å². The Morgan fingerprint density at radius 3 is 2.79 bits per heavy atom. The molecule has 106 valence electrons. The van der Waals surface area contributed by atoms with E-state index in [9.17, 15) is 4.39 Å². The normalized spacial score (nSPS) is 25.3. The molecule has 2 rings (SSSR count). The Morgan fingerprint density at radius 2 is 2.16 bits per heavy atom. The maximum absolute atomic E-state index is 13.8. The Bertz CT molecular complexity index is 405. The lowest BCUT2D eigenvalue weighted by Gasteiger charge is -2.34. The maximum atomic E-state index is 13.8. The lowest BCUT2D eigenvalue weighted by Crippen LogP contribution is -2.35. The predicted molar refractivity (Wildman–Crippen MR) is 77.5 cm³/mol. The van der Waals surface area contributed by atoms with Crippen LogP contribution in [-0.4, -0.2) is 24.5 Å². The van der Waals surface area contributed by atoms with Gasteiger partial charge in [0, 0.05) is 6.04 Å². The monoisotopic (exact) mass is 264 g/mol. The molecule has 2 N–H and O–H groups in total. The molecule has 1 heterocycles. The summed E-state index contributed by atoms with van der Waals surface area (Å²) in [7, 11) is 0. The highest BCUT2D eigenvalue weighted by molar-refractivity contribution is 5.26. The Kier molecular flexibility index (Phi) is 4.94. The molecule has 2 nitrogen and oxygen atoms in total. The maximum Gasteiger partial charge on any atom is 0.126 e. The van der Waals surface area contributed by atoms with E-state index in [2.05, 4.69) is 17.9 Å². The molecule has 0 radical (unpaired) electrons. The van der Waals surface area contributed by atoms with Gasteiger partial charge in [-0.3, -0.25) is 4.90 Å². The van der Waals surface area contributed by atoms with Gasteiger partial charge in [-0.05, 0) is 62.5 Å². The molecule has 1 aromatic carbocycles. The van der Waals surface area contributed by atoms with Gasteiger partial charge in [-0.2, -0.15) is 0 Å². The number of hydrogen-bond donors (Lipinski definition) is 1. The molecule has 1 aromatic rings. The fraction of sp³-hybridized carbons (Fsp3) is 0.625. The molecule has 0 amide bonds. The molecule has 1 saturated heterocycles. The number of nitrogens with two attached hydrogens (primary N) is 1. The molecular weight excluding hydrogens is 239 g/mol. The second-order valence-electron chi connectivity index (χ2n) is 5.57. The summed E-state index contributed by atoms with van der Waals surface area (Å²) in [5, 5.41) is 0. The zero-order valence-corrected chi connectivity index (χ0v) is 12.0. The van der Waals surface area contributed by atoms with Gasteiger partial charge in [-0.1, -0.05) is 25.5 Å². The molecule has 0 saturated carbocycles. The van der Waals surface area contributed by atoms with Crippen LogP contribution in [0.4, 0.5) is 4.39 Å². The van der Waals surface area contributed by atoms with Crippen molar-refractivity contribution in [2.24, 2.45) is 11.7 Å². The van der Waals surface area contributed by atoms with Crippen molar-refractivity contribution in [3.8, 4) is 0 Å². The minimum Gasteiger partial charge on any atom is -0.330 e. The SMILES string of the molecule is CCN1CCCCC(CN)C1c1ccc(C)c(F)c1. The van der Waals surface area contributed by atoms with Crippen LogP contribution in [0.1, 0.15) is 43.4 Å². The Labute approximate surface area is 115 Å². The molecule has 3 heteroatoms. The van der Waals surface area contributed by atoms with Crippen molar-refractivity contribution in [3.63, 3.8) is 0 Å². The van der Waals surface area contributed by atoms with Gasteiger partial charge in [0.1, 0.15) is 5.82 Å². The summed E-state index contributed by atoms with van der Waals surface area (Å²) in [6, 6.07) is 5.93.